The van der Waals surface area contributed by atoms with E-state index < -0.39 is 0 Å². The van der Waals surface area contributed by atoms with Crippen LogP contribution in [0.1, 0.15) is 59.1 Å². The van der Waals surface area contributed by atoms with Crippen molar-refractivity contribution in [2.24, 2.45) is 5.92 Å². The molecule has 0 bridgehead atoms. The number of hydrogen-bond acceptors (Lipinski definition) is 4. The van der Waals surface area contributed by atoms with Crippen LogP contribution in [0.15, 0.2) is 12.4 Å². The Labute approximate surface area is 129 Å². The molecule has 2 atom stereocenters. The van der Waals surface area contributed by atoms with Gasteiger partial charge in [-0.1, -0.05) is 19.8 Å². The molecule has 1 aromatic rings. The standard InChI is InChI=1S/C17H30N4/c1-13-7-6-8-15(9-13)21(5)16-12-18-14(10-19-16)11-20-17(2,3)4/h10,12-13,15,20H,6-9,11H2,1-5H3. The Morgan fingerprint density at radius 1 is 1.24 bits per heavy atom. The van der Waals surface area contributed by atoms with E-state index in [1.54, 1.807) is 0 Å². The first-order valence-corrected chi connectivity index (χ1v) is 8.14. The highest BCUT2D eigenvalue weighted by Gasteiger charge is 2.23. The van der Waals surface area contributed by atoms with Crippen molar-refractivity contribution in [2.75, 3.05) is 11.9 Å². The molecule has 118 valence electrons. The number of aromatic nitrogens is 2. The van der Waals surface area contributed by atoms with E-state index in [4.69, 9.17) is 0 Å². The number of anilines is 1. The average Bonchev–Trinajstić information content (AvgIpc) is 2.44. The molecule has 0 saturated heterocycles. The fourth-order valence-electron chi connectivity index (χ4n) is 2.92. The van der Waals surface area contributed by atoms with E-state index in [0.717, 1.165) is 24.0 Å². The molecule has 2 rings (SSSR count). The second-order valence-electron chi connectivity index (χ2n) is 7.51. The average molecular weight is 290 g/mol. The third-order valence-electron chi connectivity index (χ3n) is 4.31. The molecular weight excluding hydrogens is 260 g/mol. The van der Waals surface area contributed by atoms with E-state index >= 15 is 0 Å². The molecule has 1 aliphatic carbocycles. The van der Waals surface area contributed by atoms with Gasteiger partial charge in [-0.05, 0) is 39.5 Å². The van der Waals surface area contributed by atoms with Gasteiger partial charge in [0.1, 0.15) is 5.82 Å². The number of hydrogen-bond donors (Lipinski definition) is 1. The van der Waals surface area contributed by atoms with Crippen molar-refractivity contribution in [2.45, 2.75) is 71.5 Å². The SMILES string of the molecule is CC1CCCC(N(C)c2cnc(CNC(C)(C)C)cn2)C1. The van der Waals surface area contributed by atoms with Crippen LogP contribution in [0.4, 0.5) is 5.82 Å². The van der Waals surface area contributed by atoms with Crippen molar-refractivity contribution in [1.29, 1.82) is 0 Å². The van der Waals surface area contributed by atoms with Gasteiger partial charge in [-0.3, -0.25) is 4.98 Å². The first-order chi connectivity index (χ1) is 9.85. The lowest BCUT2D eigenvalue weighted by Crippen LogP contribution is -2.36. The van der Waals surface area contributed by atoms with E-state index in [1.165, 1.54) is 25.7 Å². The quantitative estimate of drug-likeness (QED) is 0.923. The topological polar surface area (TPSA) is 41.1 Å². The summed E-state index contributed by atoms with van der Waals surface area (Å²) in [4.78, 5) is 11.5. The number of nitrogens with zero attached hydrogens (tertiary/aromatic N) is 3. The molecule has 4 nitrogen and oxygen atoms in total. The lowest BCUT2D eigenvalue weighted by Gasteiger charge is -2.34. The molecule has 1 aromatic heterocycles. The maximum Gasteiger partial charge on any atom is 0.147 e. The second-order valence-corrected chi connectivity index (χ2v) is 7.51. The second kappa shape index (κ2) is 6.73. The monoisotopic (exact) mass is 290 g/mol. The molecule has 0 spiro atoms. The van der Waals surface area contributed by atoms with Crippen molar-refractivity contribution in [3.8, 4) is 0 Å². The molecule has 21 heavy (non-hydrogen) atoms. The lowest BCUT2D eigenvalue weighted by molar-refractivity contribution is 0.335. The van der Waals surface area contributed by atoms with Crippen molar-refractivity contribution < 1.29 is 0 Å². The highest BCUT2D eigenvalue weighted by Crippen LogP contribution is 2.28. The largest absolute Gasteiger partial charge is 0.355 e. The molecule has 1 saturated carbocycles. The predicted octanol–water partition coefficient (Wildman–Crippen LogP) is 3.38. The van der Waals surface area contributed by atoms with E-state index in [-0.39, 0.29) is 5.54 Å². The van der Waals surface area contributed by atoms with Gasteiger partial charge in [-0.15, -0.1) is 0 Å². The molecule has 1 heterocycles. The highest BCUT2D eigenvalue weighted by molar-refractivity contribution is 5.36. The van der Waals surface area contributed by atoms with Crippen LogP contribution in [0.3, 0.4) is 0 Å². The Balaban J connectivity index is 1.94. The van der Waals surface area contributed by atoms with Crippen molar-refractivity contribution in [1.82, 2.24) is 15.3 Å². The molecule has 1 fully saturated rings. The zero-order valence-corrected chi connectivity index (χ0v) is 14.2. The summed E-state index contributed by atoms with van der Waals surface area (Å²) >= 11 is 0. The van der Waals surface area contributed by atoms with Crippen LogP contribution in [-0.4, -0.2) is 28.6 Å². The summed E-state index contributed by atoms with van der Waals surface area (Å²) < 4.78 is 0. The van der Waals surface area contributed by atoms with Crippen LogP contribution in [0.5, 0.6) is 0 Å². The minimum absolute atomic E-state index is 0.107. The summed E-state index contributed by atoms with van der Waals surface area (Å²) in [5.74, 6) is 1.82. The maximum atomic E-state index is 4.60. The molecule has 0 aliphatic heterocycles. The minimum atomic E-state index is 0.107. The van der Waals surface area contributed by atoms with Gasteiger partial charge in [0.15, 0.2) is 0 Å². The maximum absolute atomic E-state index is 4.60. The molecular formula is C17H30N4. The summed E-state index contributed by atoms with van der Waals surface area (Å²) in [6, 6.07) is 0.613. The third kappa shape index (κ3) is 4.95. The zero-order chi connectivity index (χ0) is 15.5. The van der Waals surface area contributed by atoms with Gasteiger partial charge in [-0.2, -0.15) is 0 Å². The van der Waals surface area contributed by atoms with Crippen molar-refractivity contribution in [3.63, 3.8) is 0 Å². The van der Waals surface area contributed by atoms with Crippen LogP contribution in [0.25, 0.3) is 0 Å². The van der Waals surface area contributed by atoms with Crippen LogP contribution >= 0.6 is 0 Å². The molecule has 1 aliphatic rings. The van der Waals surface area contributed by atoms with Gasteiger partial charge < -0.3 is 10.2 Å². The molecule has 4 heteroatoms. The normalized spacial score (nSPS) is 23.1. The van der Waals surface area contributed by atoms with Gasteiger partial charge in [0.2, 0.25) is 0 Å². The summed E-state index contributed by atoms with van der Waals surface area (Å²) in [6.07, 6.45) is 9.06. The molecule has 0 radical (unpaired) electrons. The zero-order valence-electron chi connectivity index (χ0n) is 14.2. The van der Waals surface area contributed by atoms with Crippen LogP contribution in [-0.2, 0) is 6.54 Å². The van der Waals surface area contributed by atoms with Crippen LogP contribution in [0.2, 0.25) is 0 Å². The fraction of sp³-hybridized carbons (Fsp3) is 0.765. The smallest absolute Gasteiger partial charge is 0.147 e. The highest BCUT2D eigenvalue weighted by atomic mass is 15.2. The van der Waals surface area contributed by atoms with Crippen LogP contribution < -0.4 is 10.2 Å². The summed E-state index contributed by atoms with van der Waals surface area (Å²) in [6.45, 7) is 9.60. The van der Waals surface area contributed by atoms with E-state index in [1.807, 2.05) is 12.4 Å². The Morgan fingerprint density at radius 3 is 2.57 bits per heavy atom. The van der Waals surface area contributed by atoms with Gasteiger partial charge in [-0.25, -0.2) is 4.98 Å². The Kier molecular flexibility index (Phi) is 5.20. The van der Waals surface area contributed by atoms with E-state index in [2.05, 4.69) is 54.9 Å². The fourth-order valence-corrected chi connectivity index (χ4v) is 2.92. The van der Waals surface area contributed by atoms with Gasteiger partial charge in [0.25, 0.3) is 0 Å². The third-order valence-corrected chi connectivity index (χ3v) is 4.31. The predicted molar refractivity (Wildman–Crippen MR) is 88.4 cm³/mol. The van der Waals surface area contributed by atoms with Gasteiger partial charge >= 0.3 is 0 Å². The molecule has 0 amide bonds. The first-order valence-electron chi connectivity index (χ1n) is 8.14. The van der Waals surface area contributed by atoms with E-state index in [9.17, 15) is 0 Å². The number of rotatable bonds is 4. The minimum Gasteiger partial charge on any atom is -0.355 e. The Morgan fingerprint density at radius 2 is 2.00 bits per heavy atom. The lowest BCUT2D eigenvalue weighted by atomic mass is 9.86. The van der Waals surface area contributed by atoms with Crippen molar-refractivity contribution in [3.05, 3.63) is 18.1 Å². The summed E-state index contributed by atoms with van der Waals surface area (Å²) in [5.41, 5.74) is 1.11. The van der Waals surface area contributed by atoms with Crippen molar-refractivity contribution >= 4 is 5.82 Å². The summed E-state index contributed by atoms with van der Waals surface area (Å²) in [7, 11) is 2.15. The Hall–Kier alpha value is -1.16. The molecule has 0 aromatic carbocycles. The molecule has 1 N–H and O–H groups in total. The number of nitrogens with one attached hydrogen (secondary N) is 1. The first kappa shape index (κ1) is 16.2. The van der Waals surface area contributed by atoms with Crippen LogP contribution in [0, 0.1) is 5.92 Å². The van der Waals surface area contributed by atoms with E-state index in [0.29, 0.717) is 6.04 Å². The Bertz CT molecular complexity index is 435. The van der Waals surface area contributed by atoms with Gasteiger partial charge in [0.05, 0.1) is 18.1 Å². The van der Waals surface area contributed by atoms with Gasteiger partial charge in [0, 0.05) is 25.2 Å². The molecule has 2 unspecified atom stereocenters. The summed E-state index contributed by atoms with van der Waals surface area (Å²) in [5, 5.41) is 3.44.